The average Bonchev–Trinajstić information content (AvgIpc) is 3.16. The maximum absolute atomic E-state index is 12.0. The van der Waals surface area contributed by atoms with Crippen molar-refractivity contribution in [3.05, 3.63) is 23.8 Å². The summed E-state index contributed by atoms with van der Waals surface area (Å²) in [6, 6.07) is 4.97. The second kappa shape index (κ2) is 6.34. The van der Waals surface area contributed by atoms with Gasteiger partial charge in [0.1, 0.15) is 12.2 Å². The topological polar surface area (TPSA) is 55.8 Å². The van der Waals surface area contributed by atoms with Gasteiger partial charge >= 0.3 is 0 Å². The Kier molecular flexibility index (Phi) is 4.45. The molecule has 2 aliphatic rings. The molecule has 0 aromatic heterocycles. The monoisotopic (exact) mass is 320 g/mol. The SMILES string of the molecule is COc1ccc(C(=O)C(O)C=S)cc1OC1CC2CCC1C2. The fourth-order valence-electron chi connectivity index (χ4n) is 3.65. The Balaban J connectivity index is 1.82. The van der Waals surface area contributed by atoms with Gasteiger partial charge in [-0.15, -0.1) is 0 Å². The molecule has 5 heteroatoms. The Hall–Kier alpha value is -1.46. The number of hydrogen-bond donors (Lipinski definition) is 1. The van der Waals surface area contributed by atoms with Gasteiger partial charge in [0.2, 0.25) is 0 Å². The molecule has 0 amide bonds. The number of benzene rings is 1. The summed E-state index contributed by atoms with van der Waals surface area (Å²) in [6.07, 6.45) is 3.79. The molecule has 2 saturated carbocycles. The highest BCUT2D eigenvalue weighted by Gasteiger charge is 2.41. The molecule has 2 fully saturated rings. The summed E-state index contributed by atoms with van der Waals surface area (Å²) in [4.78, 5) is 12.0. The third-order valence-electron chi connectivity index (χ3n) is 4.80. The van der Waals surface area contributed by atoms with Crippen molar-refractivity contribution in [3.8, 4) is 11.5 Å². The maximum Gasteiger partial charge on any atom is 0.196 e. The summed E-state index contributed by atoms with van der Waals surface area (Å²) >= 11 is 4.63. The highest BCUT2D eigenvalue weighted by Crippen LogP contribution is 2.46. The Labute approximate surface area is 135 Å². The Bertz CT molecular complexity index is 586. The molecular formula is C17H20O4S. The number of thiocarbonyl (C=S) groups is 1. The Morgan fingerprint density at radius 3 is 2.77 bits per heavy atom. The maximum atomic E-state index is 12.0. The van der Waals surface area contributed by atoms with Crippen LogP contribution in [0.2, 0.25) is 0 Å². The zero-order chi connectivity index (χ0) is 15.7. The molecular weight excluding hydrogens is 300 g/mol. The molecule has 0 radical (unpaired) electrons. The fraction of sp³-hybridized carbons (Fsp3) is 0.529. The van der Waals surface area contributed by atoms with E-state index in [9.17, 15) is 9.90 Å². The number of ether oxygens (including phenoxy) is 2. The van der Waals surface area contributed by atoms with Crippen molar-refractivity contribution in [3.63, 3.8) is 0 Å². The van der Waals surface area contributed by atoms with Crippen molar-refractivity contribution in [2.45, 2.75) is 37.9 Å². The molecule has 2 bridgehead atoms. The highest BCUT2D eigenvalue weighted by atomic mass is 32.1. The summed E-state index contributed by atoms with van der Waals surface area (Å²) in [7, 11) is 1.58. The minimum Gasteiger partial charge on any atom is -0.493 e. The smallest absolute Gasteiger partial charge is 0.196 e. The molecule has 4 nitrogen and oxygen atoms in total. The number of hydrogen-bond acceptors (Lipinski definition) is 5. The number of ketones is 1. The lowest BCUT2D eigenvalue weighted by Crippen LogP contribution is -2.24. The Morgan fingerprint density at radius 1 is 1.36 bits per heavy atom. The minimum atomic E-state index is -1.27. The molecule has 0 aliphatic heterocycles. The zero-order valence-corrected chi connectivity index (χ0v) is 13.3. The predicted octanol–water partition coefficient (Wildman–Crippen LogP) is 2.81. The number of carbonyl (C=O) groups excluding carboxylic acids is 1. The summed E-state index contributed by atoms with van der Waals surface area (Å²) in [6.45, 7) is 0. The van der Waals surface area contributed by atoms with Crippen LogP contribution >= 0.6 is 12.2 Å². The molecule has 4 atom stereocenters. The molecule has 2 aliphatic carbocycles. The number of aliphatic hydroxyl groups excluding tert-OH is 1. The number of methoxy groups -OCH3 is 1. The van der Waals surface area contributed by atoms with Crippen LogP contribution in [0.25, 0.3) is 0 Å². The van der Waals surface area contributed by atoms with Crippen LogP contribution < -0.4 is 9.47 Å². The molecule has 1 N–H and O–H groups in total. The van der Waals surface area contributed by atoms with Crippen LogP contribution in [0.1, 0.15) is 36.0 Å². The van der Waals surface area contributed by atoms with Gasteiger partial charge in [-0.3, -0.25) is 4.79 Å². The molecule has 22 heavy (non-hydrogen) atoms. The first-order valence-electron chi connectivity index (χ1n) is 7.64. The van der Waals surface area contributed by atoms with E-state index in [0.717, 1.165) is 17.7 Å². The quantitative estimate of drug-likeness (QED) is 0.645. The third kappa shape index (κ3) is 2.88. The Morgan fingerprint density at radius 2 is 2.18 bits per heavy atom. The zero-order valence-electron chi connectivity index (χ0n) is 12.5. The van der Waals surface area contributed by atoms with Crippen molar-refractivity contribution >= 4 is 23.4 Å². The molecule has 0 spiro atoms. The molecule has 0 saturated heterocycles. The summed E-state index contributed by atoms with van der Waals surface area (Å²) in [5.74, 6) is 2.15. The van der Waals surface area contributed by atoms with Crippen LogP contribution in [0.3, 0.4) is 0 Å². The van der Waals surface area contributed by atoms with E-state index in [1.165, 1.54) is 19.3 Å². The van der Waals surface area contributed by atoms with Crippen molar-refractivity contribution in [2.24, 2.45) is 11.8 Å². The van der Waals surface area contributed by atoms with E-state index >= 15 is 0 Å². The van der Waals surface area contributed by atoms with Gasteiger partial charge in [0.25, 0.3) is 0 Å². The van der Waals surface area contributed by atoms with E-state index in [1.807, 2.05) is 0 Å². The van der Waals surface area contributed by atoms with Crippen LogP contribution in [0.5, 0.6) is 11.5 Å². The number of fused-ring (bicyclic) bond motifs is 2. The molecule has 4 unspecified atom stereocenters. The first-order valence-corrected chi connectivity index (χ1v) is 8.11. The summed E-state index contributed by atoms with van der Waals surface area (Å²) in [5.41, 5.74) is 0.382. The average molecular weight is 320 g/mol. The van der Waals surface area contributed by atoms with E-state index in [2.05, 4.69) is 12.2 Å². The van der Waals surface area contributed by atoms with E-state index in [4.69, 9.17) is 9.47 Å². The first-order chi connectivity index (χ1) is 10.6. The molecule has 1 aromatic rings. The normalized spacial score (nSPS) is 27.5. The van der Waals surface area contributed by atoms with Gasteiger partial charge in [-0.05, 0) is 55.7 Å². The number of carbonyl (C=O) groups is 1. The lowest BCUT2D eigenvalue weighted by Gasteiger charge is -2.24. The van der Waals surface area contributed by atoms with Crippen molar-refractivity contribution < 1.29 is 19.4 Å². The number of Topliss-reactive ketones (excluding diaryl/α,β-unsaturated/α-hetero) is 1. The van der Waals surface area contributed by atoms with Gasteiger partial charge in [0, 0.05) is 10.9 Å². The lowest BCUT2D eigenvalue weighted by atomic mass is 9.97. The molecule has 118 valence electrons. The van der Waals surface area contributed by atoms with Crippen LogP contribution in [-0.4, -0.2) is 35.6 Å². The second-order valence-electron chi connectivity index (χ2n) is 6.14. The van der Waals surface area contributed by atoms with E-state index in [-0.39, 0.29) is 6.10 Å². The highest BCUT2D eigenvalue weighted by molar-refractivity contribution is 7.79. The van der Waals surface area contributed by atoms with Gasteiger partial charge in [-0.25, -0.2) is 0 Å². The van der Waals surface area contributed by atoms with E-state index in [1.54, 1.807) is 25.3 Å². The number of aliphatic hydroxyl groups is 1. The standard InChI is InChI=1S/C17H20O4S/c1-20-14-5-4-12(17(19)13(18)9-22)8-16(14)21-15-7-10-2-3-11(15)6-10/h4-5,8-11,13,15,18H,2-3,6-7H2,1H3. The van der Waals surface area contributed by atoms with Gasteiger partial charge in [-0.2, -0.15) is 0 Å². The van der Waals surface area contributed by atoms with Crippen molar-refractivity contribution in [2.75, 3.05) is 7.11 Å². The molecule has 3 rings (SSSR count). The van der Waals surface area contributed by atoms with E-state index < -0.39 is 11.9 Å². The van der Waals surface area contributed by atoms with Gasteiger partial charge in [-0.1, -0.05) is 12.2 Å². The van der Waals surface area contributed by atoms with Crippen LogP contribution in [0.15, 0.2) is 18.2 Å². The predicted molar refractivity (Wildman–Crippen MR) is 86.9 cm³/mol. The lowest BCUT2D eigenvalue weighted by molar-refractivity contribution is 0.0849. The van der Waals surface area contributed by atoms with Gasteiger partial charge in [0.05, 0.1) is 7.11 Å². The van der Waals surface area contributed by atoms with Crippen molar-refractivity contribution in [1.29, 1.82) is 0 Å². The molecule has 0 heterocycles. The molecule has 1 aromatic carbocycles. The van der Waals surface area contributed by atoms with Gasteiger partial charge < -0.3 is 14.6 Å². The summed E-state index contributed by atoms with van der Waals surface area (Å²) in [5, 5.41) is 10.6. The van der Waals surface area contributed by atoms with Crippen molar-refractivity contribution in [1.82, 2.24) is 0 Å². The van der Waals surface area contributed by atoms with E-state index in [0.29, 0.717) is 23.0 Å². The van der Waals surface area contributed by atoms with Crippen LogP contribution in [0.4, 0.5) is 0 Å². The fourth-order valence-corrected chi connectivity index (χ4v) is 3.77. The third-order valence-corrected chi connectivity index (χ3v) is 5.06. The summed E-state index contributed by atoms with van der Waals surface area (Å²) < 4.78 is 11.5. The minimum absolute atomic E-state index is 0.202. The van der Waals surface area contributed by atoms with Gasteiger partial charge in [0.15, 0.2) is 17.3 Å². The number of rotatable bonds is 6. The van der Waals surface area contributed by atoms with Crippen LogP contribution in [-0.2, 0) is 0 Å². The first kappa shape index (κ1) is 15.4. The largest absolute Gasteiger partial charge is 0.493 e. The van der Waals surface area contributed by atoms with Crippen LogP contribution in [0, 0.1) is 11.8 Å². The second-order valence-corrected chi connectivity index (χ2v) is 6.41.